The lowest BCUT2D eigenvalue weighted by Crippen LogP contribution is -2.33. The maximum Gasteiger partial charge on any atom is 0.308 e. The van der Waals surface area contributed by atoms with E-state index in [0.29, 0.717) is 10.7 Å². The molecule has 3 amide bonds. The monoisotopic (exact) mass is 406 g/mol. The molecule has 1 aliphatic heterocycles. The number of ether oxygens (including phenoxy) is 1. The molecule has 1 aromatic rings. The summed E-state index contributed by atoms with van der Waals surface area (Å²) in [6, 6.07) is 5.12. The minimum atomic E-state index is -0.631. The van der Waals surface area contributed by atoms with Gasteiger partial charge in [-0.2, -0.15) is 0 Å². The molecule has 2 aliphatic rings. The Morgan fingerprint density at radius 3 is 2.46 bits per heavy atom. The Morgan fingerprint density at radius 2 is 1.82 bits per heavy atom. The van der Waals surface area contributed by atoms with Gasteiger partial charge in [0.2, 0.25) is 11.8 Å². The first-order chi connectivity index (χ1) is 13.4. The van der Waals surface area contributed by atoms with Crippen LogP contribution in [0.2, 0.25) is 5.02 Å². The van der Waals surface area contributed by atoms with Gasteiger partial charge in [-0.1, -0.05) is 30.5 Å². The highest BCUT2D eigenvalue weighted by molar-refractivity contribution is 6.31. The van der Waals surface area contributed by atoms with Crippen molar-refractivity contribution in [1.82, 2.24) is 4.90 Å². The Kier molecular flexibility index (Phi) is 6.34. The molecule has 1 aromatic carbocycles. The third-order valence-corrected chi connectivity index (χ3v) is 5.79. The van der Waals surface area contributed by atoms with Crippen molar-refractivity contribution in [2.24, 2.45) is 11.8 Å². The maximum absolute atomic E-state index is 12.4. The van der Waals surface area contributed by atoms with Gasteiger partial charge < -0.3 is 10.1 Å². The number of hydrogen-bond acceptors (Lipinski definition) is 5. The summed E-state index contributed by atoms with van der Waals surface area (Å²) in [4.78, 5) is 49.8. The number of nitrogens with one attached hydrogen (secondary N) is 1. The molecule has 150 valence electrons. The minimum Gasteiger partial charge on any atom is -0.456 e. The van der Waals surface area contributed by atoms with E-state index in [9.17, 15) is 19.2 Å². The molecule has 0 spiro atoms. The molecule has 1 heterocycles. The van der Waals surface area contributed by atoms with Crippen LogP contribution in [-0.2, 0) is 23.9 Å². The number of rotatable bonds is 6. The molecule has 1 saturated carbocycles. The van der Waals surface area contributed by atoms with Gasteiger partial charge in [-0.3, -0.25) is 24.1 Å². The number of carbonyl (C=O) groups is 4. The highest BCUT2D eigenvalue weighted by Gasteiger charge is 2.47. The summed E-state index contributed by atoms with van der Waals surface area (Å²) in [5, 5.41) is 3.16. The zero-order valence-corrected chi connectivity index (χ0v) is 16.5. The number of amides is 3. The van der Waals surface area contributed by atoms with E-state index >= 15 is 0 Å². The van der Waals surface area contributed by atoms with Gasteiger partial charge in [0.15, 0.2) is 6.61 Å². The van der Waals surface area contributed by atoms with Gasteiger partial charge in [0.1, 0.15) is 0 Å². The zero-order valence-electron chi connectivity index (χ0n) is 15.7. The van der Waals surface area contributed by atoms with E-state index in [4.69, 9.17) is 16.3 Å². The second kappa shape index (κ2) is 8.73. The summed E-state index contributed by atoms with van der Waals surface area (Å²) in [6.07, 6.45) is 3.26. The van der Waals surface area contributed by atoms with Crippen LogP contribution in [0.25, 0.3) is 0 Å². The predicted molar refractivity (Wildman–Crippen MR) is 103 cm³/mol. The Hall–Kier alpha value is -2.41. The molecule has 7 nitrogen and oxygen atoms in total. The zero-order chi connectivity index (χ0) is 20.3. The molecular weight excluding hydrogens is 384 g/mol. The predicted octanol–water partition coefficient (Wildman–Crippen LogP) is 2.70. The fourth-order valence-electron chi connectivity index (χ4n) is 3.80. The quantitative estimate of drug-likeness (QED) is 0.579. The van der Waals surface area contributed by atoms with Crippen LogP contribution >= 0.6 is 11.6 Å². The van der Waals surface area contributed by atoms with Crippen LogP contribution in [0.4, 0.5) is 5.69 Å². The van der Waals surface area contributed by atoms with Gasteiger partial charge in [0.05, 0.1) is 18.3 Å². The highest BCUT2D eigenvalue weighted by Crippen LogP contribution is 2.37. The molecular formula is C20H23ClN2O5. The lowest BCUT2D eigenvalue weighted by Gasteiger charge is -2.19. The minimum absolute atomic E-state index is 0.00147. The first-order valence-corrected chi connectivity index (χ1v) is 9.82. The summed E-state index contributed by atoms with van der Waals surface area (Å²) in [5.74, 6) is -1.95. The lowest BCUT2D eigenvalue weighted by molar-refractivity contribution is -0.148. The normalized spacial score (nSPS) is 21.4. The number of carbonyl (C=O) groups excluding carboxylic acids is 4. The van der Waals surface area contributed by atoms with E-state index in [-0.39, 0.29) is 36.6 Å². The first kappa shape index (κ1) is 20.3. The standard InChI is InChI=1S/C20H23ClN2O5/c1-12-15(21)7-4-8-16(12)22-17(24)11-28-18(25)9-10-23-19(26)13-5-2-3-6-14(13)20(23)27/h4,7-8,13-14H,2-3,5-6,9-11H2,1H3,(H,22,24)/t13-,14-/m0/s1. The third kappa shape index (κ3) is 4.35. The van der Waals surface area contributed by atoms with E-state index < -0.39 is 18.5 Å². The number of fused-ring (bicyclic) bond motifs is 1. The van der Waals surface area contributed by atoms with Crippen molar-refractivity contribution < 1.29 is 23.9 Å². The molecule has 8 heteroatoms. The maximum atomic E-state index is 12.4. The number of benzene rings is 1. The van der Waals surface area contributed by atoms with Crippen LogP contribution in [-0.4, -0.2) is 41.7 Å². The topological polar surface area (TPSA) is 92.8 Å². The second-order valence-electron chi connectivity index (χ2n) is 7.20. The number of hydrogen-bond donors (Lipinski definition) is 1. The lowest BCUT2D eigenvalue weighted by atomic mass is 9.81. The molecule has 0 bridgehead atoms. The van der Waals surface area contributed by atoms with Crippen LogP contribution in [0.3, 0.4) is 0 Å². The molecule has 2 fully saturated rings. The molecule has 1 aliphatic carbocycles. The van der Waals surface area contributed by atoms with E-state index in [1.807, 2.05) is 0 Å². The molecule has 0 radical (unpaired) electrons. The van der Waals surface area contributed by atoms with Crippen LogP contribution in [0.1, 0.15) is 37.7 Å². The van der Waals surface area contributed by atoms with Gasteiger partial charge in [0, 0.05) is 17.3 Å². The number of esters is 1. The van der Waals surface area contributed by atoms with Crippen LogP contribution in [0, 0.1) is 18.8 Å². The fraction of sp³-hybridized carbons (Fsp3) is 0.500. The number of anilines is 1. The summed E-state index contributed by atoms with van der Waals surface area (Å²) in [6.45, 7) is 1.32. The van der Waals surface area contributed by atoms with Crippen molar-refractivity contribution in [1.29, 1.82) is 0 Å². The Morgan fingerprint density at radius 1 is 1.18 bits per heavy atom. The van der Waals surface area contributed by atoms with E-state index in [1.54, 1.807) is 25.1 Å². The average molecular weight is 407 g/mol. The van der Waals surface area contributed by atoms with Gasteiger partial charge >= 0.3 is 5.97 Å². The number of halogens is 1. The van der Waals surface area contributed by atoms with Crippen molar-refractivity contribution in [3.05, 3.63) is 28.8 Å². The van der Waals surface area contributed by atoms with Crippen molar-refractivity contribution in [3.63, 3.8) is 0 Å². The largest absolute Gasteiger partial charge is 0.456 e. The van der Waals surface area contributed by atoms with Crippen molar-refractivity contribution in [2.45, 2.75) is 39.0 Å². The summed E-state index contributed by atoms with van der Waals surface area (Å²) in [5.41, 5.74) is 1.26. The number of imide groups is 1. The van der Waals surface area contributed by atoms with E-state index in [1.165, 1.54) is 4.90 Å². The highest BCUT2D eigenvalue weighted by atomic mass is 35.5. The van der Waals surface area contributed by atoms with Gasteiger partial charge in [-0.25, -0.2) is 0 Å². The summed E-state index contributed by atoms with van der Waals surface area (Å²) >= 11 is 6.00. The van der Waals surface area contributed by atoms with Crippen molar-refractivity contribution in [3.8, 4) is 0 Å². The Bertz CT molecular complexity index is 786. The van der Waals surface area contributed by atoms with Crippen molar-refractivity contribution >= 4 is 41.0 Å². The van der Waals surface area contributed by atoms with Crippen molar-refractivity contribution in [2.75, 3.05) is 18.5 Å². The van der Waals surface area contributed by atoms with Gasteiger partial charge in [-0.15, -0.1) is 0 Å². The molecule has 1 N–H and O–H groups in total. The fourth-order valence-corrected chi connectivity index (χ4v) is 3.98. The molecule has 1 saturated heterocycles. The van der Waals surface area contributed by atoms with Crippen LogP contribution in [0.5, 0.6) is 0 Å². The molecule has 0 unspecified atom stereocenters. The average Bonchev–Trinajstić information content (AvgIpc) is 2.93. The molecule has 0 aromatic heterocycles. The number of likely N-dealkylation sites (tertiary alicyclic amines) is 1. The number of nitrogens with zero attached hydrogens (tertiary/aromatic N) is 1. The SMILES string of the molecule is Cc1c(Cl)cccc1NC(=O)COC(=O)CCN1C(=O)[C@H]2CCCC[C@@H]2C1=O. The van der Waals surface area contributed by atoms with Crippen LogP contribution in [0.15, 0.2) is 18.2 Å². The summed E-state index contributed by atoms with van der Waals surface area (Å²) < 4.78 is 4.96. The van der Waals surface area contributed by atoms with E-state index in [2.05, 4.69) is 5.32 Å². The first-order valence-electron chi connectivity index (χ1n) is 9.44. The second-order valence-corrected chi connectivity index (χ2v) is 7.60. The Labute approximate surface area is 168 Å². The summed E-state index contributed by atoms with van der Waals surface area (Å²) in [7, 11) is 0. The molecule has 3 rings (SSSR count). The van der Waals surface area contributed by atoms with Gasteiger partial charge in [-0.05, 0) is 37.5 Å². The smallest absolute Gasteiger partial charge is 0.308 e. The van der Waals surface area contributed by atoms with Crippen LogP contribution < -0.4 is 5.32 Å². The third-order valence-electron chi connectivity index (χ3n) is 5.38. The van der Waals surface area contributed by atoms with Gasteiger partial charge in [0.25, 0.3) is 5.91 Å². The molecule has 2 atom stereocenters. The molecule has 28 heavy (non-hydrogen) atoms. The van der Waals surface area contributed by atoms with E-state index in [0.717, 1.165) is 31.2 Å². The Balaban J connectivity index is 1.44.